The number of aryl methyl sites for hydroxylation is 1. The first-order valence-corrected chi connectivity index (χ1v) is 12.1. The lowest BCUT2D eigenvalue weighted by molar-refractivity contribution is -0.127. The number of hydrogen-bond acceptors (Lipinski definition) is 4. The minimum atomic E-state index is -0.701. The first kappa shape index (κ1) is 22.2. The second-order valence-electron chi connectivity index (χ2n) is 8.40. The van der Waals surface area contributed by atoms with Gasteiger partial charge in [-0.25, -0.2) is 0 Å². The van der Waals surface area contributed by atoms with Crippen LogP contribution in [0.5, 0.6) is 0 Å². The van der Waals surface area contributed by atoms with E-state index in [1.807, 2.05) is 48.7 Å². The maximum absolute atomic E-state index is 13.6. The SMILES string of the molecule is Cc1ccc(CN(C(=O)c2ccccn2)C(C(=O)NC2CCCCC2)c2cccs2)cc1. The fraction of sp³-hybridized carbons (Fsp3) is 0.346. The second-order valence-corrected chi connectivity index (χ2v) is 9.37. The van der Waals surface area contributed by atoms with Crippen molar-refractivity contribution >= 4 is 23.2 Å². The van der Waals surface area contributed by atoms with Gasteiger partial charge in [-0.1, -0.05) is 61.2 Å². The molecule has 1 aromatic carbocycles. The summed E-state index contributed by atoms with van der Waals surface area (Å²) in [5, 5.41) is 5.19. The highest BCUT2D eigenvalue weighted by molar-refractivity contribution is 7.10. The van der Waals surface area contributed by atoms with E-state index in [-0.39, 0.29) is 17.9 Å². The molecule has 32 heavy (non-hydrogen) atoms. The van der Waals surface area contributed by atoms with Crippen molar-refractivity contribution in [2.24, 2.45) is 0 Å². The van der Waals surface area contributed by atoms with Gasteiger partial charge in [0.05, 0.1) is 0 Å². The van der Waals surface area contributed by atoms with E-state index in [0.29, 0.717) is 12.2 Å². The Hall–Kier alpha value is -2.99. The van der Waals surface area contributed by atoms with Crippen LogP contribution in [-0.2, 0) is 11.3 Å². The summed E-state index contributed by atoms with van der Waals surface area (Å²) in [4.78, 5) is 34.0. The molecule has 5 nitrogen and oxygen atoms in total. The number of nitrogens with one attached hydrogen (secondary N) is 1. The van der Waals surface area contributed by atoms with Gasteiger partial charge in [-0.15, -0.1) is 11.3 Å². The van der Waals surface area contributed by atoms with Gasteiger partial charge in [0.2, 0.25) is 5.91 Å². The first-order valence-electron chi connectivity index (χ1n) is 11.2. The van der Waals surface area contributed by atoms with Crippen molar-refractivity contribution in [1.82, 2.24) is 15.2 Å². The molecule has 3 aromatic rings. The van der Waals surface area contributed by atoms with Crippen molar-refractivity contribution in [3.8, 4) is 0 Å². The van der Waals surface area contributed by atoms with Crippen molar-refractivity contribution in [2.75, 3.05) is 0 Å². The quantitative estimate of drug-likeness (QED) is 0.536. The van der Waals surface area contributed by atoms with Crippen molar-refractivity contribution < 1.29 is 9.59 Å². The smallest absolute Gasteiger partial charge is 0.273 e. The molecule has 1 saturated carbocycles. The molecule has 1 fully saturated rings. The molecule has 1 aliphatic carbocycles. The van der Waals surface area contributed by atoms with E-state index in [9.17, 15) is 9.59 Å². The first-order chi connectivity index (χ1) is 15.6. The normalized spacial score (nSPS) is 15.2. The van der Waals surface area contributed by atoms with E-state index < -0.39 is 6.04 Å². The van der Waals surface area contributed by atoms with E-state index in [4.69, 9.17) is 0 Å². The van der Waals surface area contributed by atoms with Crippen molar-refractivity contribution in [3.05, 3.63) is 87.9 Å². The summed E-state index contributed by atoms with van der Waals surface area (Å²) in [6.45, 7) is 2.36. The Balaban J connectivity index is 1.68. The van der Waals surface area contributed by atoms with Gasteiger partial charge in [-0.2, -0.15) is 0 Å². The highest BCUT2D eigenvalue weighted by atomic mass is 32.1. The Bertz CT molecular complexity index is 1010. The topological polar surface area (TPSA) is 62.3 Å². The lowest BCUT2D eigenvalue weighted by Crippen LogP contribution is -2.46. The number of thiophene rings is 1. The van der Waals surface area contributed by atoms with Crippen molar-refractivity contribution in [1.29, 1.82) is 0 Å². The molecular formula is C26H29N3O2S. The maximum Gasteiger partial charge on any atom is 0.273 e. The maximum atomic E-state index is 13.6. The molecule has 4 rings (SSSR count). The number of nitrogens with zero attached hydrogens (tertiary/aromatic N) is 2. The van der Waals surface area contributed by atoms with Crippen LogP contribution >= 0.6 is 11.3 Å². The molecule has 6 heteroatoms. The molecule has 2 heterocycles. The lowest BCUT2D eigenvalue weighted by atomic mass is 9.95. The van der Waals surface area contributed by atoms with Crippen LogP contribution in [0, 0.1) is 6.92 Å². The van der Waals surface area contributed by atoms with Crippen molar-refractivity contribution in [3.63, 3.8) is 0 Å². The Kier molecular flexibility index (Phi) is 7.32. The standard InChI is InChI=1S/C26H29N3O2S/c1-19-12-14-20(15-13-19)18-29(26(31)22-10-5-6-16-27-22)24(23-11-7-17-32-23)25(30)28-21-8-3-2-4-9-21/h5-7,10-17,21,24H,2-4,8-9,18H2,1H3,(H,28,30). The van der Waals surface area contributed by atoms with Gasteiger partial charge in [0, 0.05) is 23.7 Å². The third kappa shape index (κ3) is 5.43. The molecule has 1 N–H and O–H groups in total. The molecule has 2 amide bonds. The van der Waals surface area contributed by atoms with Gasteiger partial charge in [-0.3, -0.25) is 14.6 Å². The van der Waals surface area contributed by atoms with Crippen LogP contribution in [0.2, 0.25) is 0 Å². The van der Waals surface area contributed by atoms with E-state index in [1.165, 1.54) is 17.8 Å². The molecule has 0 spiro atoms. The fourth-order valence-electron chi connectivity index (χ4n) is 4.21. The second kappa shape index (κ2) is 10.6. The zero-order valence-electron chi connectivity index (χ0n) is 18.4. The highest BCUT2D eigenvalue weighted by Crippen LogP contribution is 2.30. The predicted octanol–water partition coefficient (Wildman–Crippen LogP) is 5.28. The van der Waals surface area contributed by atoms with Crippen LogP contribution in [0.25, 0.3) is 0 Å². The number of aromatic nitrogens is 1. The number of benzene rings is 1. The van der Waals surface area contributed by atoms with Gasteiger partial charge in [0.15, 0.2) is 0 Å². The van der Waals surface area contributed by atoms with Crippen LogP contribution in [0.3, 0.4) is 0 Å². The van der Waals surface area contributed by atoms with Crippen LogP contribution in [0.15, 0.2) is 66.2 Å². The molecular weight excluding hydrogens is 418 g/mol. The Morgan fingerprint density at radius 1 is 1.06 bits per heavy atom. The Morgan fingerprint density at radius 3 is 2.50 bits per heavy atom. The monoisotopic (exact) mass is 447 g/mol. The number of rotatable bonds is 7. The van der Waals surface area contributed by atoms with Gasteiger partial charge in [0.25, 0.3) is 5.91 Å². The molecule has 0 saturated heterocycles. The van der Waals surface area contributed by atoms with Crippen LogP contribution in [0.4, 0.5) is 0 Å². The van der Waals surface area contributed by atoms with Gasteiger partial charge >= 0.3 is 0 Å². The van der Waals surface area contributed by atoms with E-state index in [1.54, 1.807) is 29.3 Å². The summed E-state index contributed by atoms with van der Waals surface area (Å²) in [5.74, 6) is -0.362. The summed E-state index contributed by atoms with van der Waals surface area (Å²) >= 11 is 1.50. The number of carbonyl (C=O) groups is 2. The molecule has 1 aliphatic rings. The van der Waals surface area contributed by atoms with E-state index >= 15 is 0 Å². The van der Waals surface area contributed by atoms with Crippen LogP contribution in [0.1, 0.15) is 64.6 Å². The van der Waals surface area contributed by atoms with E-state index in [2.05, 4.69) is 10.3 Å². The molecule has 0 bridgehead atoms. The summed E-state index contributed by atoms with van der Waals surface area (Å²) in [6.07, 6.45) is 7.09. The van der Waals surface area contributed by atoms with Crippen LogP contribution in [-0.4, -0.2) is 27.7 Å². The van der Waals surface area contributed by atoms with Crippen molar-refractivity contribution in [2.45, 2.75) is 57.7 Å². The Labute approximate surface area is 193 Å². The zero-order valence-corrected chi connectivity index (χ0v) is 19.2. The molecule has 0 radical (unpaired) electrons. The molecule has 166 valence electrons. The predicted molar refractivity (Wildman–Crippen MR) is 127 cm³/mol. The minimum absolute atomic E-state index is 0.115. The zero-order chi connectivity index (χ0) is 22.3. The van der Waals surface area contributed by atoms with Crippen LogP contribution < -0.4 is 5.32 Å². The highest BCUT2D eigenvalue weighted by Gasteiger charge is 2.34. The van der Waals surface area contributed by atoms with Gasteiger partial charge in [-0.05, 0) is 48.9 Å². The third-order valence-electron chi connectivity index (χ3n) is 5.94. The average molecular weight is 448 g/mol. The largest absolute Gasteiger partial charge is 0.351 e. The molecule has 1 unspecified atom stereocenters. The van der Waals surface area contributed by atoms with E-state index in [0.717, 1.165) is 41.7 Å². The minimum Gasteiger partial charge on any atom is -0.351 e. The number of pyridine rings is 1. The fourth-order valence-corrected chi connectivity index (χ4v) is 5.04. The average Bonchev–Trinajstić information content (AvgIpc) is 3.35. The number of hydrogen-bond donors (Lipinski definition) is 1. The lowest BCUT2D eigenvalue weighted by Gasteiger charge is -2.32. The van der Waals surface area contributed by atoms with Gasteiger partial charge in [0.1, 0.15) is 11.7 Å². The summed E-state index contributed by atoms with van der Waals surface area (Å²) < 4.78 is 0. The van der Waals surface area contributed by atoms with Gasteiger partial charge < -0.3 is 10.2 Å². The summed E-state index contributed by atoms with van der Waals surface area (Å²) in [6, 6.07) is 16.7. The number of amides is 2. The Morgan fingerprint density at radius 2 is 1.84 bits per heavy atom. The summed E-state index contributed by atoms with van der Waals surface area (Å²) in [5.41, 5.74) is 2.47. The third-order valence-corrected chi connectivity index (χ3v) is 6.87. The molecule has 2 aromatic heterocycles. The molecule has 1 atom stereocenters. The number of carbonyl (C=O) groups excluding carboxylic acids is 2. The molecule has 0 aliphatic heterocycles. The summed E-state index contributed by atoms with van der Waals surface area (Å²) in [7, 11) is 0.